The summed E-state index contributed by atoms with van der Waals surface area (Å²) < 4.78 is 1.70. The van der Waals surface area contributed by atoms with Gasteiger partial charge in [-0.1, -0.05) is 12.1 Å². The molecule has 1 aromatic heterocycles. The van der Waals surface area contributed by atoms with Gasteiger partial charge in [0, 0.05) is 18.6 Å². The number of aryl methyl sites for hydroxylation is 1. The minimum absolute atomic E-state index is 0.0324. The third-order valence-corrected chi connectivity index (χ3v) is 4.02. The Bertz CT molecular complexity index is 721. The van der Waals surface area contributed by atoms with Crippen LogP contribution in [0.5, 0.6) is 0 Å². The molecule has 0 bridgehead atoms. The van der Waals surface area contributed by atoms with Crippen LogP contribution in [0.4, 0.5) is 0 Å². The van der Waals surface area contributed by atoms with Crippen LogP contribution in [0.15, 0.2) is 23.0 Å². The van der Waals surface area contributed by atoms with Crippen molar-refractivity contribution in [2.24, 2.45) is 11.7 Å². The molecule has 1 saturated carbocycles. The predicted molar refractivity (Wildman–Crippen MR) is 77.6 cm³/mol. The highest BCUT2D eigenvalue weighted by molar-refractivity contribution is 5.81. The van der Waals surface area contributed by atoms with Crippen LogP contribution in [-0.4, -0.2) is 21.3 Å². The van der Waals surface area contributed by atoms with Crippen LogP contribution in [0, 0.1) is 12.8 Å². The summed E-state index contributed by atoms with van der Waals surface area (Å²) in [6.07, 6.45) is 0.815. The Hall–Kier alpha value is -1.72. The van der Waals surface area contributed by atoms with Gasteiger partial charge in [0.1, 0.15) is 5.82 Å². The SMILES string of the molecule is Cc1cccc2nc([C@H](C)N)n(C3CC3CO)c(=O)c12. The monoisotopic (exact) mass is 273 g/mol. The molecule has 1 aromatic carbocycles. The summed E-state index contributed by atoms with van der Waals surface area (Å²) in [5, 5.41) is 9.91. The molecule has 1 aliphatic rings. The molecule has 3 rings (SSSR count). The first-order valence-corrected chi connectivity index (χ1v) is 6.92. The number of benzene rings is 1. The smallest absolute Gasteiger partial charge is 0.261 e. The second-order valence-electron chi connectivity index (χ2n) is 5.65. The molecule has 0 radical (unpaired) electrons. The van der Waals surface area contributed by atoms with Gasteiger partial charge in [-0.25, -0.2) is 4.98 Å². The van der Waals surface area contributed by atoms with E-state index in [1.54, 1.807) is 4.57 Å². The van der Waals surface area contributed by atoms with Gasteiger partial charge >= 0.3 is 0 Å². The molecule has 5 nitrogen and oxygen atoms in total. The Morgan fingerprint density at radius 2 is 2.30 bits per heavy atom. The Kier molecular flexibility index (Phi) is 3.11. The molecular weight excluding hydrogens is 254 g/mol. The Morgan fingerprint density at radius 3 is 2.90 bits per heavy atom. The molecule has 3 N–H and O–H groups in total. The predicted octanol–water partition coefficient (Wildman–Crippen LogP) is 1.28. The number of aliphatic hydroxyl groups excluding tert-OH is 1. The van der Waals surface area contributed by atoms with Crippen molar-refractivity contribution in [3.63, 3.8) is 0 Å². The highest BCUT2D eigenvalue weighted by Crippen LogP contribution is 2.43. The summed E-state index contributed by atoms with van der Waals surface area (Å²) in [6.45, 7) is 3.84. The summed E-state index contributed by atoms with van der Waals surface area (Å²) in [4.78, 5) is 17.4. The van der Waals surface area contributed by atoms with Gasteiger partial charge < -0.3 is 10.8 Å². The lowest BCUT2D eigenvalue weighted by Gasteiger charge is -2.16. The van der Waals surface area contributed by atoms with Crippen molar-refractivity contribution in [3.05, 3.63) is 39.9 Å². The molecule has 2 unspecified atom stereocenters. The third kappa shape index (κ3) is 1.94. The zero-order chi connectivity index (χ0) is 14.4. The molecule has 20 heavy (non-hydrogen) atoms. The van der Waals surface area contributed by atoms with Crippen LogP contribution >= 0.6 is 0 Å². The number of fused-ring (bicyclic) bond motifs is 1. The quantitative estimate of drug-likeness (QED) is 0.882. The number of nitrogens with two attached hydrogens (primary N) is 1. The zero-order valence-corrected chi connectivity index (χ0v) is 11.7. The summed E-state index contributed by atoms with van der Waals surface area (Å²) in [7, 11) is 0. The molecule has 0 spiro atoms. The first-order chi connectivity index (χ1) is 9.54. The maximum atomic E-state index is 12.8. The number of aliphatic hydroxyl groups is 1. The third-order valence-electron chi connectivity index (χ3n) is 4.02. The Balaban J connectivity index is 2.31. The van der Waals surface area contributed by atoms with E-state index in [0.717, 1.165) is 12.0 Å². The van der Waals surface area contributed by atoms with E-state index in [9.17, 15) is 9.90 Å². The molecule has 1 aliphatic carbocycles. The van der Waals surface area contributed by atoms with Crippen molar-refractivity contribution in [1.29, 1.82) is 0 Å². The van der Waals surface area contributed by atoms with E-state index in [1.807, 2.05) is 32.0 Å². The lowest BCUT2D eigenvalue weighted by Crippen LogP contribution is -2.29. The topological polar surface area (TPSA) is 81.1 Å². The van der Waals surface area contributed by atoms with Gasteiger partial charge in [-0.15, -0.1) is 0 Å². The lowest BCUT2D eigenvalue weighted by atomic mass is 10.1. The van der Waals surface area contributed by atoms with Crippen LogP contribution < -0.4 is 11.3 Å². The molecule has 0 amide bonds. The van der Waals surface area contributed by atoms with Crippen molar-refractivity contribution >= 4 is 10.9 Å². The largest absolute Gasteiger partial charge is 0.396 e. The molecule has 0 aliphatic heterocycles. The van der Waals surface area contributed by atoms with E-state index in [4.69, 9.17) is 5.73 Å². The van der Waals surface area contributed by atoms with Crippen molar-refractivity contribution in [2.75, 3.05) is 6.61 Å². The van der Waals surface area contributed by atoms with E-state index in [1.165, 1.54) is 0 Å². The minimum atomic E-state index is -0.312. The molecular formula is C15H19N3O2. The number of hydrogen-bond donors (Lipinski definition) is 2. The fourth-order valence-electron chi connectivity index (χ4n) is 2.81. The molecule has 2 aromatic rings. The molecule has 1 fully saturated rings. The highest BCUT2D eigenvalue weighted by atomic mass is 16.3. The van der Waals surface area contributed by atoms with Crippen molar-refractivity contribution in [2.45, 2.75) is 32.4 Å². The summed E-state index contributed by atoms with van der Waals surface area (Å²) in [6, 6.07) is 5.37. The van der Waals surface area contributed by atoms with Gasteiger partial charge in [-0.3, -0.25) is 9.36 Å². The number of aromatic nitrogens is 2. The van der Waals surface area contributed by atoms with Gasteiger partial charge in [0.25, 0.3) is 5.56 Å². The van der Waals surface area contributed by atoms with E-state index < -0.39 is 0 Å². The normalized spacial score (nSPS) is 23.0. The average Bonchev–Trinajstić information content (AvgIpc) is 3.17. The second kappa shape index (κ2) is 4.68. The van der Waals surface area contributed by atoms with Crippen molar-refractivity contribution in [3.8, 4) is 0 Å². The van der Waals surface area contributed by atoms with Gasteiger partial charge in [-0.05, 0) is 31.9 Å². The first kappa shape index (κ1) is 13.3. The van der Waals surface area contributed by atoms with Gasteiger partial charge in [-0.2, -0.15) is 0 Å². The van der Waals surface area contributed by atoms with E-state index in [0.29, 0.717) is 16.7 Å². The maximum Gasteiger partial charge on any atom is 0.261 e. The summed E-state index contributed by atoms with van der Waals surface area (Å²) in [5.74, 6) is 0.752. The Morgan fingerprint density at radius 1 is 1.55 bits per heavy atom. The number of rotatable bonds is 3. The van der Waals surface area contributed by atoms with Gasteiger partial charge in [0.05, 0.1) is 16.9 Å². The molecule has 1 heterocycles. The first-order valence-electron chi connectivity index (χ1n) is 6.92. The average molecular weight is 273 g/mol. The van der Waals surface area contributed by atoms with E-state index >= 15 is 0 Å². The summed E-state index contributed by atoms with van der Waals surface area (Å²) >= 11 is 0. The van der Waals surface area contributed by atoms with Gasteiger partial charge in [0.2, 0.25) is 0 Å². The fraction of sp³-hybridized carbons (Fsp3) is 0.467. The highest BCUT2D eigenvalue weighted by Gasteiger charge is 2.40. The summed E-state index contributed by atoms with van der Waals surface area (Å²) in [5.41, 5.74) is 7.56. The van der Waals surface area contributed by atoms with E-state index in [2.05, 4.69) is 4.98 Å². The van der Waals surface area contributed by atoms with Crippen molar-refractivity contribution in [1.82, 2.24) is 9.55 Å². The van der Waals surface area contributed by atoms with Crippen LogP contribution in [0.2, 0.25) is 0 Å². The zero-order valence-electron chi connectivity index (χ0n) is 11.7. The van der Waals surface area contributed by atoms with Crippen LogP contribution in [0.3, 0.4) is 0 Å². The van der Waals surface area contributed by atoms with E-state index in [-0.39, 0.29) is 30.2 Å². The standard InChI is InChI=1S/C15H19N3O2/c1-8-4-3-5-11-13(8)15(20)18(12-6-10(12)7-19)14(17-11)9(2)16/h3-5,9-10,12,19H,6-7,16H2,1-2H3/t9-,10?,12?/m0/s1. The molecule has 106 valence electrons. The maximum absolute atomic E-state index is 12.8. The Labute approximate surface area is 117 Å². The molecule has 3 atom stereocenters. The molecule has 5 heteroatoms. The number of hydrogen-bond acceptors (Lipinski definition) is 4. The number of nitrogens with zero attached hydrogens (tertiary/aromatic N) is 2. The van der Waals surface area contributed by atoms with Gasteiger partial charge in [0.15, 0.2) is 0 Å². The fourth-order valence-corrected chi connectivity index (χ4v) is 2.81. The molecule has 0 saturated heterocycles. The lowest BCUT2D eigenvalue weighted by molar-refractivity contribution is 0.267. The van der Waals surface area contributed by atoms with Crippen LogP contribution in [0.1, 0.15) is 36.8 Å². The van der Waals surface area contributed by atoms with Crippen LogP contribution in [0.25, 0.3) is 10.9 Å². The second-order valence-corrected chi connectivity index (χ2v) is 5.65. The van der Waals surface area contributed by atoms with Crippen LogP contribution in [-0.2, 0) is 0 Å². The van der Waals surface area contributed by atoms with Crippen molar-refractivity contribution < 1.29 is 5.11 Å². The minimum Gasteiger partial charge on any atom is -0.396 e.